The van der Waals surface area contributed by atoms with Gasteiger partial charge in [0.2, 0.25) is 0 Å². The molecule has 8 heteroatoms. The van der Waals surface area contributed by atoms with Crippen LogP contribution in [-0.4, -0.2) is 42.4 Å². The van der Waals surface area contributed by atoms with Gasteiger partial charge in [-0.3, -0.25) is 4.90 Å². The standard InChI is InChI=1S/C18H27F3N4O/c1-17(2,25-10-4-3-5-11-25)13-24-16(22)23-12-14-6-8-15(9-7-14)26-18(19,20)21/h6-9H,3-5,10-13H2,1-2H3,(H3,22,23,24). The molecule has 1 heterocycles. The van der Waals surface area contributed by atoms with Gasteiger partial charge in [0.1, 0.15) is 5.75 Å². The predicted octanol–water partition coefficient (Wildman–Crippen LogP) is 3.25. The number of benzene rings is 1. The van der Waals surface area contributed by atoms with Crippen LogP contribution in [0.3, 0.4) is 0 Å². The third kappa shape index (κ3) is 6.74. The normalized spacial score (nSPS) is 17.2. The molecule has 0 radical (unpaired) electrons. The van der Waals surface area contributed by atoms with E-state index >= 15 is 0 Å². The van der Waals surface area contributed by atoms with Crippen molar-refractivity contribution in [2.45, 2.75) is 51.6 Å². The monoisotopic (exact) mass is 372 g/mol. The highest BCUT2D eigenvalue weighted by atomic mass is 19.4. The molecule has 0 spiro atoms. The Bertz CT molecular complexity index is 593. The molecule has 2 rings (SSSR count). The van der Waals surface area contributed by atoms with Gasteiger partial charge >= 0.3 is 6.36 Å². The Morgan fingerprint density at radius 2 is 1.77 bits per heavy atom. The summed E-state index contributed by atoms with van der Waals surface area (Å²) in [5.74, 6) is 0.0744. The van der Waals surface area contributed by atoms with Crippen LogP contribution in [0.15, 0.2) is 29.3 Å². The highest BCUT2D eigenvalue weighted by Gasteiger charge is 2.31. The van der Waals surface area contributed by atoms with Gasteiger partial charge in [0.05, 0.1) is 6.54 Å². The zero-order valence-corrected chi connectivity index (χ0v) is 15.3. The molecule has 0 saturated carbocycles. The number of hydrogen-bond acceptors (Lipinski definition) is 3. The van der Waals surface area contributed by atoms with Crippen LogP contribution < -0.4 is 15.8 Å². The van der Waals surface area contributed by atoms with Crippen molar-refractivity contribution in [3.63, 3.8) is 0 Å². The molecular formula is C18H27F3N4O. The third-order valence-corrected chi connectivity index (χ3v) is 4.50. The van der Waals surface area contributed by atoms with Gasteiger partial charge in [-0.05, 0) is 57.5 Å². The molecule has 1 aliphatic heterocycles. The lowest BCUT2D eigenvalue weighted by Crippen LogP contribution is -2.54. The summed E-state index contributed by atoms with van der Waals surface area (Å²) in [5.41, 5.74) is 6.65. The third-order valence-electron chi connectivity index (χ3n) is 4.50. The Kier molecular flexibility index (Phi) is 6.75. The Morgan fingerprint density at radius 1 is 1.15 bits per heavy atom. The molecule has 0 aromatic heterocycles. The quantitative estimate of drug-likeness (QED) is 0.594. The lowest BCUT2D eigenvalue weighted by molar-refractivity contribution is -0.274. The lowest BCUT2D eigenvalue weighted by Gasteiger charge is -2.41. The van der Waals surface area contributed by atoms with Crippen molar-refractivity contribution in [1.29, 1.82) is 0 Å². The van der Waals surface area contributed by atoms with Gasteiger partial charge in [-0.25, -0.2) is 4.99 Å². The second-order valence-electron chi connectivity index (χ2n) is 7.11. The highest BCUT2D eigenvalue weighted by Crippen LogP contribution is 2.23. The van der Waals surface area contributed by atoms with E-state index in [4.69, 9.17) is 5.73 Å². The molecular weight excluding hydrogens is 345 g/mol. The molecule has 146 valence electrons. The number of guanidine groups is 1. The SMILES string of the molecule is CC(C)(CNC(N)=NCc1ccc(OC(F)(F)F)cc1)N1CCCCC1. The maximum absolute atomic E-state index is 12.1. The first kappa shape index (κ1) is 20.4. The van der Waals surface area contributed by atoms with Crippen LogP contribution in [0.2, 0.25) is 0 Å². The fourth-order valence-corrected chi connectivity index (χ4v) is 2.95. The number of ether oxygens (including phenoxy) is 1. The molecule has 1 aromatic carbocycles. The number of nitrogens with one attached hydrogen (secondary N) is 1. The van der Waals surface area contributed by atoms with Gasteiger partial charge in [-0.15, -0.1) is 13.2 Å². The van der Waals surface area contributed by atoms with Crippen molar-refractivity contribution in [3.8, 4) is 5.75 Å². The fraction of sp³-hybridized carbons (Fsp3) is 0.611. The van der Waals surface area contributed by atoms with E-state index in [-0.39, 0.29) is 17.8 Å². The Labute approximate surface area is 152 Å². The van der Waals surface area contributed by atoms with Crippen LogP contribution in [0.1, 0.15) is 38.7 Å². The summed E-state index contributed by atoms with van der Waals surface area (Å²) in [7, 11) is 0. The minimum Gasteiger partial charge on any atom is -0.406 e. The molecule has 0 atom stereocenters. The first-order chi connectivity index (χ1) is 12.2. The van der Waals surface area contributed by atoms with Crippen LogP contribution in [0.25, 0.3) is 0 Å². The summed E-state index contributed by atoms with van der Waals surface area (Å²) in [5, 5.41) is 3.15. The fourth-order valence-electron chi connectivity index (χ4n) is 2.95. The van der Waals surface area contributed by atoms with Gasteiger partial charge in [0.15, 0.2) is 5.96 Å². The van der Waals surface area contributed by atoms with Crippen molar-refractivity contribution in [2.24, 2.45) is 10.7 Å². The molecule has 0 bridgehead atoms. The van der Waals surface area contributed by atoms with Gasteiger partial charge in [-0.2, -0.15) is 0 Å². The maximum atomic E-state index is 12.1. The number of hydrogen-bond donors (Lipinski definition) is 2. The maximum Gasteiger partial charge on any atom is 0.573 e. The number of halogens is 3. The number of likely N-dealkylation sites (tertiary alicyclic amines) is 1. The van der Waals surface area contributed by atoms with Crippen LogP contribution >= 0.6 is 0 Å². The summed E-state index contributed by atoms with van der Waals surface area (Å²) in [6, 6.07) is 5.61. The number of aliphatic imine (C=N–C) groups is 1. The molecule has 26 heavy (non-hydrogen) atoms. The first-order valence-electron chi connectivity index (χ1n) is 8.79. The highest BCUT2D eigenvalue weighted by molar-refractivity contribution is 5.77. The van der Waals surface area contributed by atoms with Crippen LogP contribution in [0, 0.1) is 0 Å². The number of rotatable bonds is 6. The van der Waals surface area contributed by atoms with E-state index in [1.807, 2.05) is 0 Å². The van der Waals surface area contributed by atoms with Crippen molar-refractivity contribution in [2.75, 3.05) is 19.6 Å². The van der Waals surface area contributed by atoms with E-state index in [1.165, 1.54) is 43.5 Å². The molecule has 3 N–H and O–H groups in total. The Balaban J connectivity index is 1.82. The van der Waals surface area contributed by atoms with Crippen molar-refractivity contribution < 1.29 is 17.9 Å². The minimum absolute atomic E-state index is 0.0167. The van der Waals surface area contributed by atoms with E-state index in [0.717, 1.165) is 18.7 Å². The molecule has 0 unspecified atom stereocenters. The molecule has 5 nitrogen and oxygen atoms in total. The Morgan fingerprint density at radius 3 is 2.35 bits per heavy atom. The number of nitrogens with zero attached hydrogens (tertiary/aromatic N) is 2. The molecule has 1 fully saturated rings. The van der Waals surface area contributed by atoms with Crippen molar-refractivity contribution in [3.05, 3.63) is 29.8 Å². The van der Waals surface area contributed by atoms with Crippen molar-refractivity contribution in [1.82, 2.24) is 10.2 Å². The summed E-state index contributed by atoms with van der Waals surface area (Å²) < 4.78 is 40.3. The zero-order valence-electron chi connectivity index (χ0n) is 15.3. The largest absolute Gasteiger partial charge is 0.573 e. The van der Waals surface area contributed by atoms with Gasteiger partial charge in [-0.1, -0.05) is 18.6 Å². The van der Waals surface area contributed by atoms with Gasteiger partial charge in [0.25, 0.3) is 0 Å². The minimum atomic E-state index is -4.69. The van der Waals surface area contributed by atoms with Crippen LogP contribution in [-0.2, 0) is 6.54 Å². The second kappa shape index (κ2) is 8.62. The van der Waals surface area contributed by atoms with Crippen molar-refractivity contribution >= 4 is 5.96 Å². The summed E-state index contributed by atoms with van der Waals surface area (Å²) in [6.07, 6.45) is -0.951. The van der Waals surface area contributed by atoms with E-state index in [1.54, 1.807) is 0 Å². The first-order valence-corrected chi connectivity index (χ1v) is 8.79. The summed E-state index contributed by atoms with van der Waals surface area (Å²) in [6.45, 7) is 7.52. The summed E-state index contributed by atoms with van der Waals surface area (Å²) >= 11 is 0. The smallest absolute Gasteiger partial charge is 0.406 e. The predicted molar refractivity (Wildman–Crippen MR) is 96.0 cm³/mol. The number of alkyl halides is 3. The van der Waals surface area contributed by atoms with Crippen LogP contribution in [0.5, 0.6) is 5.75 Å². The molecule has 1 aromatic rings. The molecule has 0 aliphatic carbocycles. The topological polar surface area (TPSA) is 62.9 Å². The molecule has 1 saturated heterocycles. The lowest BCUT2D eigenvalue weighted by atomic mass is 9.98. The van der Waals surface area contributed by atoms with Gasteiger partial charge < -0.3 is 15.8 Å². The number of piperidine rings is 1. The second-order valence-corrected chi connectivity index (χ2v) is 7.11. The van der Waals surface area contributed by atoms with E-state index in [0.29, 0.717) is 12.5 Å². The average molecular weight is 372 g/mol. The van der Waals surface area contributed by atoms with E-state index < -0.39 is 6.36 Å². The van der Waals surface area contributed by atoms with E-state index in [9.17, 15) is 13.2 Å². The molecule has 1 aliphatic rings. The molecule has 0 amide bonds. The Hall–Kier alpha value is -1.96. The van der Waals surface area contributed by atoms with Gasteiger partial charge in [0, 0.05) is 12.1 Å². The zero-order chi connectivity index (χ0) is 19.2. The van der Waals surface area contributed by atoms with Crippen LogP contribution in [0.4, 0.5) is 13.2 Å². The average Bonchev–Trinajstić information content (AvgIpc) is 2.59. The summed E-state index contributed by atoms with van der Waals surface area (Å²) in [4.78, 5) is 6.70. The van der Waals surface area contributed by atoms with E-state index in [2.05, 4.69) is 33.8 Å². The number of nitrogens with two attached hydrogens (primary N) is 1.